The molecule has 3 heterocycles. The zero-order valence-corrected chi connectivity index (χ0v) is 16.6. The Morgan fingerprint density at radius 3 is 2.44 bits per heavy atom. The molecule has 0 aromatic carbocycles. The molecule has 148 valence electrons. The maximum atomic E-state index is 12.8. The summed E-state index contributed by atoms with van der Waals surface area (Å²) in [6.45, 7) is 6.08. The first-order chi connectivity index (χ1) is 12.7. The van der Waals surface area contributed by atoms with Gasteiger partial charge in [-0.1, -0.05) is 10.3 Å². The van der Waals surface area contributed by atoms with Gasteiger partial charge in [-0.15, -0.1) is 0 Å². The fourth-order valence-corrected chi connectivity index (χ4v) is 4.34. The molecule has 1 aliphatic rings. The molecule has 1 saturated heterocycles. The Kier molecular flexibility index (Phi) is 5.33. The van der Waals surface area contributed by atoms with E-state index in [2.05, 4.69) is 15.3 Å². The van der Waals surface area contributed by atoms with Crippen molar-refractivity contribution in [1.29, 1.82) is 0 Å². The third kappa shape index (κ3) is 4.19. The van der Waals surface area contributed by atoms with Crippen LogP contribution < -0.4 is 0 Å². The van der Waals surface area contributed by atoms with Crippen molar-refractivity contribution in [2.75, 3.05) is 25.9 Å². The lowest BCUT2D eigenvalue weighted by atomic mass is 10.1. The number of carbonyl (C=O) groups is 1. The lowest BCUT2D eigenvalue weighted by molar-refractivity contribution is -0.130. The van der Waals surface area contributed by atoms with Crippen LogP contribution in [0.4, 0.5) is 0 Å². The third-order valence-corrected chi connectivity index (χ3v) is 6.02. The van der Waals surface area contributed by atoms with E-state index in [4.69, 9.17) is 9.05 Å². The van der Waals surface area contributed by atoms with Crippen molar-refractivity contribution in [2.24, 2.45) is 0 Å². The molecule has 0 aliphatic carbocycles. The van der Waals surface area contributed by atoms with Gasteiger partial charge in [0, 0.05) is 25.2 Å². The normalized spacial score (nSPS) is 19.3. The molecule has 0 bridgehead atoms. The molecule has 0 spiro atoms. The summed E-state index contributed by atoms with van der Waals surface area (Å²) in [5, 5.41) is 7.63. The maximum Gasteiger partial charge on any atom is 0.245 e. The molecule has 1 amide bonds. The van der Waals surface area contributed by atoms with Gasteiger partial charge in [-0.25, -0.2) is 8.42 Å². The van der Waals surface area contributed by atoms with Crippen LogP contribution in [0, 0.1) is 20.8 Å². The Morgan fingerprint density at radius 2 is 1.89 bits per heavy atom. The van der Waals surface area contributed by atoms with E-state index in [-0.39, 0.29) is 24.8 Å². The molecule has 10 nitrogen and oxygen atoms in total. The largest absolute Gasteiger partial charge is 0.361 e. The van der Waals surface area contributed by atoms with E-state index in [1.54, 1.807) is 25.7 Å². The fourth-order valence-electron chi connectivity index (χ4n) is 3.27. The number of carbonyl (C=O) groups excluding carboxylic acids is 1. The van der Waals surface area contributed by atoms with Crippen LogP contribution in [0.2, 0.25) is 0 Å². The number of rotatable bonds is 4. The molecule has 1 aliphatic heterocycles. The summed E-state index contributed by atoms with van der Waals surface area (Å²) < 4.78 is 36.2. The molecule has 1 atom stereocenters. The number of aromatic nitrogens is 3. The molecule has 0 saturated carbocycles. The van der Waals surface area contributed by atoms with E-state index < -0.39 is 16.1 Å². The second kappa shape index (κ2) is 7.39. The highest BCUT2D eigenvalue weighted by atomic mass is 32.2. The van der Waals surface area contributed by atoms with Gasteiger partial charge in [0.15, 0.2) is 5.82 Å². The van der Waals surface area contributed by atoms with Crippen molar-refractivity contribution >= 4 is 15.9 Å². The average Bonchev–Trinajstić information content (AvgIpc) is 3.05. The van der Waals surface area contributed by atoms with E-state index in [1.807, 2.05) is 0 Å². The van der Waals surface area contributed by atoms with Crippen LogP contribution >= 0.6 is 0 Å². The van der Waals surface area contributed by atoms with Gasteiger partial charge in [-0.05, 0) is 27.2 Å². The smallest absolute Gasteiger partial charge is 0.245 e. The Morgan fingerprint density at radius 1 is 1.15 bits per heavy atom. The quantitative estimate of drug-likeness (QED) is 0.741. The van der Waals surface area contributed by atoms with Crippen molar-refractivity contribution in [3.05, 3.63) is 28.7 Å². The molecule has 1 unspecified atom stereocenters. The Hall–Kier alpha value is -2.27. The number of aryl methyl sites for hydroxylation is 3. The molecule has 0 radical (unpaired) electrons. The number of hydrogen-bond acceptors (Lipinski definition) is 8. The number of sulfonamides is 1. The minimum absolute atomic E-state index is 0.0970. The fraction of sp³-hybridized carbons (Fsp3) is 0.625. The zero-order valence-electron chi connectivity index (χ0n) is 15.8. The summed E-state index contributed by atoms with van der Waals surface area (Å²) in [7, 11) is -3.51. The SMILES string of the molecule is Cc1noc(C2CCN(C(=O)Cc3c(C)noc3C)CCN2S(C)(=O)=O)n1. The van der Waals surface area contributed by atoms with Gasteiger partial charge in [0.2, 0.25) is 21.8 Å². The first-order valence-electron chi connectivity index (χ1n) is 8.63. The van der Waals surface area contributed by atoms with E-state index in [0.29, 0.717) is 36.8 Å². The van der Waals surface area contributed by atoms with E-state index in [1.165, 1.54) is 4.31 Å². The van der Waals surface area contributed by atoms with Crippen LogP contribution in [-0.4, -0.2) is 64.7 Å². The number of hydrogen-bond donors (Lipinski definition) is 0. The monoisotopic (exact) mass is 397 g/mol. The van der Waals surface area contributed by atoms with E-state index in [9.17, 15) is 13.2 Å². The minimum atomic E-state index is -3.51. The predicted octanol–water partition coefficient (Wildman–Crippen LogP) is 0.761. The van der Waals surface area contributed by atoms with E-state index >= 15 is 0 Å². The minimum Gasteiger partial charge on any atom is -0.361 e. The summed E-state index contributed by atoms with van der Waals surface area (Å²) >= 11 is 0. The van der Waals surface area contributed by atoms with Gasteiger partial charge < -0.3 is 13.9 Å². The van der Waals surface area contributed by atoms with Gasteiger partial charge in [0.25, 0.3) is 0 Å². The van der Waals surface area contributed by atoms with Crippen molar-refractivity contribution in [2.45, 2.75) is 39.7 Å². The summed E-state index contributed by atoms with van der Waals surface area (Å²) in [6, 6.07) is -0.585. The lowest BCUT2D eigenvalue weighted by Crippen LogP contribution is -2.38. The van der Waals surface area contributed by atoms with Crippen LogP contribution in [0.25, 0.3) is 0 Å². The summed E-state index contributed by atoms with van der Waals surface area (Å²) in [5.41, 5.74) is 1.46. The van der Waals surface area contributed by atoms with Gasteiger partial charge in [-0.2, -0.15) is 9.29 Å². The van der Waals surface area contributed by atoms with Crippen LogP contribution in [0.3, 0.4) is 0 Å². The first-order valence-corrected chi connectivity index (χ1v) is 10.5. The molecule has 1 fully saturated rings. The molecular weight excluding hydrogens is 374 g/mol. The maximum absolute atomic E-state index is 12.8. The highest BCUT2D eigenvalue weighted by Gasteiger charge is 2.36. The molecular formula is C16H23N5O5S. The lowest BCUT2D eigenvalue weighted by Gasteiger charge is -2.24. The summed E-state index contributed by atoms with van der Waals surface area (Å²) in [4.78, 5) is 18.6. The van der Waals surface area contributed by atoms with Gasteiger partial charge in [-0.3, -0.25) is 4.79 Å². The molecule has 2 aromatic heterocycles. The topological polar surface area (TPSA) is 123 Å². The van der Waals surface area contributed by atoms with Gasteiger partial charge in [0.1, 0.15) is 11.8 Å². The van der Waals surface area contributed by atoms with Crippen molar-refractivity contribution in [1.82, 2.24) is 24.5 Å². The highest BCUT2D eigenvalue weighted by Crippen LogP contribution is 2.28. The molecule has 0 N–H and O–H groups in total. The third-order valence-electron chi connectivity index (χ3n) is 4.73. The summed E-state index contributed by atoms with van der Waals surface area (Å²) in [6.07, 6.45) is 1.69. The van der Waals surface area contributed by atoms with Crippen molar-refractivity contribution < 1.29 is 22.3 Å². The second-order valence-corrected chi connectivity index (χ2v) is 8.65. The van der Waals surface area contributed by atoms with Crippen molar-refractivity contribution in [3.8, 4) is 0 Å². The molecule has 3 rings (SSSR count). The number of nitrogens with zero attached hydrogens (tertiary/aromatic N) is 5. The standard InChI is InChI=1S/C16H23N5O5S/c1-10-13(11(2)25-18-10)9-15(22)20-6-5-14(16-17-12(3)19-26-16)21(8-7-20)27(4,23)24/h14H,5-9H2,1-4H3. The summed E-state index contributed by atoms with van der Waals surface area (Å²) in [5.74, 6) is 1.21. The Balaban J connectivity index is 1.79. The highest BCUT2D eigenvalue weighted by molar-refractivity contribution is 7.88. The Labute approximate surface area is 157 Å². The molecule has 2 aromatic rings. The van der Waals surface area contributed by atoms with Crippen LogP contribution in [-0.2, 0) is 21.2 Å². The average molecular weight is 397 g/mol. The van der Waals surface area contributed by atoms with E-state index in [0.717, 1.165) is 11.8 Å². The van der Waals surface area contributed by atoms with Gasteiger partial charge in [0.05, 0.1) is 18.4 Å². The molecule has 11 heteroatoms. The zero-order chi connectivity index (χ0) is 19.8. The first kappa shape index (κ1) is 19.5. The number of amides is 1. The second-order valence-electron chi connectivity index (χ2n) is 6.72. The molecule has 27 heavy (non-hydrogen) atoms. The Bertz CT molecular complexity index is 915. The van der Waals surface area contributed by atoms with Crippen molar-refractivity contribution in [3.63, 3.8) is 0 Å². The van der Waals surface area contributed by atoms with Crippen LogP contribution in [0.15, 0.2) is 9.05 Å². The van der Waals surface area contributed by atoms with Crippen LogP contribution in [0.1, 0.15) is 41.2 Å². The predicted molar refractivity (Wildman–Crippen MR) is 94.2 cm³/mol. The van der Waals surface area contributed by atoms with Crippen LogP contribution in [0.5, 0.6) is 0 Å². The van der Waals surface area contributed by atoms with Gasteiger partial charge >= 0.3 is 0 Å².